The van der Waals surface area contributed by atoms with Gasteiger partial charge < -0.3 is 14.2 Å². The van der Waals surface area contributed by atoms with Gasteiger partial charge in [0.15, 0.2) is 0 Å². The third-order valence-electron chi connectivity index (χ3n) is 3.51. The fourth-order valence-corrected chi connectivity index (χ4v) is 5.42. The lowest BCUT2D eigenvalue weighted by Crippen LogP contribution is -2.32. The molecule has 0 N–H and O–H groups in total. The summed E-state index contributed by atoms with van der Waals surface area (Å²) in [7, 11) is 3.56. The van der Waals surface area contributed by atoms with E-state index in [1.54, 1.807) is 29.9 Å². The maximum atomic E-state index is 13.3. The van der Waals surface area contributed by atoms with E-state index in [0.717, 1.165) is 12.8 Å². The second kappa shape index (κ2) is 16.7. The third kappa shape index (κ3) is 15.5. The Balaban J connectivity index is 3.93. The smallest absolute Gasteiger partial charge is 0.252 e. The van der Waals surface area contributed by atoms with Gasteiger partial charge in [-0.05, 0) is 13.3 Å². The van der Waals surface area contributed by atoms with Gasteiger partial charge in [-0.15, -0.1) is 0 Å². The minimum Gasteiger partial charge on any atom is -0.379 e. The first-order valence-electron chi connectivity index (χ1n) is 10.0. The standard InChI is InChI=1S/C20H38FNO4S3/c1-6-8-11-22(21)18(23)9-12-24-13-14-25-15-16-26-20(17-27,10-7-2)29-28-19(3,4)5/h6,8,27H,7,9-17H2,1-5H3/b8-6+. The zero-order valence-corrected chi connectivity index (χ0v) is 21.0. The zero-order chi connectivity index (χ0) is 22.2. The number of carbonyl (C=O) groups is 1. The number of nitrogens with zero attached hydrogens (tertiary/aromatic N) is 1. The minimum atomic E-state index is -0.581. The normalized spacial score (nSPS) is 14.3. The molecule has 0 aliphatic carbocycles. The molecule has 0 saturated heterocycles. The van der Waals surface area contributed by atoms with Crippen molar-refractivity contribution in [3.8, 4) is 0 Å². The minimum absolute atomic E-state index is 0.0152. The number of thiol groups is 1. The van der Waals surface area contributed by atoms with Crippen LogP contribution in [0.5, 0.6) is 0 Å². The number of carbonyl (C=O) groups excluding carboxylic acids is 1. The van der Waals surface area contributed by atoms with Crippen LogP contribution in [0.25, 0.3) is 0 Å². The highest BCUT2D eigenvalue weighted by molar-refractivity contribution is 8.77. The molecule has 1 unspecified atom stereocenters. The van der Waals surface area contributed by atoms with E-state index in [9.17, 15) is 9.28 Å². The summed E-state index contributed by atoms with van der Waals surface area (Å²) in [4.78, 5) is 11.2. The van der Waals surface area contributed by atoms with Crippen LogP contribution in [0.1, 0.15) is 53.9 Å². The molecule has 0 heterocycles. The monoisotopic (exact) mass is 471 g/mol. The van der Waals surface area contributed by atoms with Crippen LogP contribution in [-0.2, 0) is 19.0 Å². The molecule has 0 aliphatic heterocycles. The predicted octanol–water partition coefficient (Wildman–Crippen LogP) is 5.32. The van der Waals surface area contributed by atoms with E-state index in [1.165, 1.54) is 0 Å². The van der Waals surface area contributed by atoms with Gasteiger partial charge >= 0.3 is 0 Å². The average Bonchev–Trinajstić information content (AvgIpc) is 2.68. The highest BCUT2D eigenvalue weighted by Crippen LogP contribution is 2.46. The van der Waals surface area contributed by atoms with Crippen molar-refractivity contribution in [2.24, 2.45) is 0 Å². The summed E-state index contributed by atoms with van der Waals surface area (Å²) in [5, 5.41) is 0.192. The van der Waals surface area contributed by atoms with Crippen LogP contribution >= 0.6 is 34.2 Å². The van der Waals surface area contributed by atoms with Gasteiger partial charge in [0.2, 0.25) is 0 Å². The predicted molar refractivity (Wildman–Crippen MR) is 126 cm³/mol. The average molecular weight is 472 g/mol. The van der Waals surface area contributed by atoms with Gasteiger partial charge in [-0.2, -0.15) is 17.8 Å². The van der Waals surface area contributed by atoms with Crippen LogP contribution in [0, 0.1) is 0 Å². The first-order valence-corrected chi connectivity index (χ1v) is 12.8. The molecular formula is C20H38FNO4S3. The first-order chi connectivity index (χ1) is 13.7. The summed E-state index contributed by atoms with van der Waals surface area (Å²) in [6, 6.07) is 0. The van der Waals surface area contributed by atoms with Gasteiger partial charge in [-0.1, -0.05) is 72.3 Å². The fraction of sp³-hybridized carbons (Fsp3) is 0.850. The van der Waals surface area contributed by atoms with Gasteiger partial charge in [0, 0.05) is 10.5 Å². The van der Waals surface area contributed by atoms with Gasteiger partial charge in [0.25, 0.3) is 5.91 Å². The highest BCUT2D eigenvalue weighted by Gasteiger charge is 2.32. The Hall–Kier alpha value is 0.0700. The molecule has 0 saturated carbocycles. The molecule has 0 fully saturated rings. The molecule has 1 atom stereocenters. The van der Waals surface area contributed by atoms with Crippen LogP contribution in [0.3, 0.4) is 0 Å². The first kappa shape index (κ1) is 29.1. The molecule has 0 rings (SSSR count). The Labute approximate surface area is 189 Å². The zero-order valence-electron chi connectivity index (χ0n) is 18.4. The topological polar surface area (TPSA) is 48.0 Å². The van der Waals surface area contributed by atoms with E-state index in [2.05, 4.69) is 40.3 Å². The summed E-state index contributed by atoms with van der Waals surface area (Å²) in [6.45, 7) is 12.3. The second-order valence-corrected chi connectivity index (χ2v) is 11.0. The van der Waals surface area contributed by atoms with Crippen LogP contribution in [0.2, 0.25) is 0 Å². The molecule has 0 aromatic rings. The Morgan fingerprint density at radius 3 is 2.28 bits per heavy atom. The van der Waals surface area contributed by atoms with Crippen molar-refractivity contribution in [3.05, 3.63) is 12.2 Å². The van der Waals surface area contributed by atoms with Gasteiger partial charge in [0.05, 0.1) is 46.0 Å². The molecular weight excluding hydrogens is 433 g/mol. The lowest BCUT2D eigenvalue weighted by atomic mass is 10.2. The SMILES string of the molecule is C/C=C/CN(F)C(=O)CCOCCOCCOC(CS)(CCC)SSC(C)(C)C. The molecule has 0 aliphatic rings. The van der Waals surface area contributed by atoms with Crippen LogP contribution in [0.4, 0.5) is 4.48 Å². The van der Waals surface area contributed by atoms with Crippen molar-refractivity contribution in [3.63, 3.8) is 0 Å². The molecule has 0 aromatic heterocycles. The number of hydrogen-bond acceptors (Lipinski definition) is 7. The summed E-state index contributed by atoms with van der Waals surface area (Å²) in [5.41, 5.74) is 0. The second-order valence-electron chi connectivity index (χ2n) is 7.43. The lowest BCUT2D eigenvalue weighted by Gasteiger charge is -2.33. The van der Waals surface area contributed by atoms with Crippen LogP contribution in [0.15, 0.2) is 12.2 Å². The number of hydrogen-bond donors (Lipinski definition) is 1. The van der Waals surface area contributed by atoms with Crippen molar-refractivity contribution < 1.29 is 23.5 Å². The summed E-state index contributed by atoms with van der Waals surface area (Å²) in [6.07, 6.45) is 5.25. The van der Waals surface area contributed by atoms with Gasteiger partial charge in [-0.3, -0.25) is 4.79 Å². The van der Waals surface area contributed by atoms with E-state index in [-0.39, 0.29) is 34.4 Å². The van der Waals surface area contributed by atoms with E-state index in [0.29, 0.717) is 32.2 Å². The number of ether oxygens (including phenoxy) is 3. The molecule has 0 spiro atoms. The van der Waals surface area contributed by atoms with E-state index >= 15 is 0 Å². The Kier molecular flexibility index (Phi) is 16.8. The molecule has 1 amide bonds. The molecule has 0 radical (unpaired) electrons. The van der Waals surface area contributed by atoms with Crippen LogP contribution in [-0.4, -0.2) is 66.0 Å². The van der Waals surface area contributed by atoms with E-state index in [1.807, 2.05) is 10.8 Å². The van der Waals surface area contributed by atoms with Gasteiger partial charge in [-0.25, -0.2) is 0 Å². The molecule has 0 aromatic carbocycles. The molecule has 0 bridgehead atoms. The number of rotatable bonds is 17. The van der Waals surface area contributed by atoms with E-state index < -0.39 is 5.91 Å². The Morgan fingerprint density at radius 2 is 1.72 bits per heavy atom. The number of amides is 1. The van der Waals surface area contributed by atoms with Crippen molar-refractivity contribution in [2.75, 3.05) is 45.3 Å². The molecule has 172 valence electrons. The maximum absolute atomic E-state index is 13.3. The Bertz CT molecular complexity index is 463. The lowest BCUT2D eigenvalue weighted by molar-refractivity contribution is -0.146. The van der Waals surface area contributed by atoms with E-state index in [4.69, 9.17) is 14.2 Å². The largest absolute Gasteiger partial charge is 0.379 e. The molecule has 29 heavy (non-hydrogen) atoms. The summed E-state index contributed by atoms with van der Waals surface area (Å²) in [5.74, 6) is 0.0628. The van der Waals surface area contributed by atoms with Crippen molar-refractivity contribution in [1.82, 2.24) is 5.12 Å². The number of halogens is 1. The maximum Gasteiger partial charge on any atom is 0.252 e. The van der Waals surface area contributed by atoms with Crippen molar-refractivity contribution in [1.29, 1.82) is 0 Å². The quantitative estimate of drug-likeness (QED) is 0.0773. The van der Waals surface area contributed by atoms with Crippen molar-refractivity contribution in [2.45, 2.75) is 63.6 Å². The van der Waals surface area contributed by atoms with Crippen molar-refractivity contribution >= 4 is 40.1 Å². The third-order valence-corrected chi connectivity index (χ3v) is 8.25. The number of allylic oxidation sites excluding steroid dienone is 1. The van der Waals surface area contributed by atoms with Crippen LogP contribution < -0.4 is 0 Å². The Morgan fingerprint density at radius 1 is 1.10 bits per heavy atom. The molecule has 5 nitrogen and oxygen atoms in total. The summed E-state index contributed by atoms with van der Waals surface area (Å²) >= 11 is 4.52. The summed E-state index contributed by atoms with van der Waals surface area (Å²) < 4.78 is 30.5. The molecule has 9 heteroatoms. The fourth-order valence-electron chi connectivity index (χ4n) is 2.06. The van der Waals surface area contributed by atoms with Gasteiger partial charge in [0.1, 0.15) is 4.93 Å². The highest BCUT2D eigenvalue weighted by atomic mass is 33.1.